The molecule has 0 amide bonds. The number of rotatable bonds is 3. The summed E-state index contributed by atoms with van der Waals surface area (Å²) in [5.41, 5.74) is 0. The molecule has 0 aromatic carbocycles. The van der Waals surface area contributed by atoms with Crippen molar-refractivity contribution in [1.29, 1.82) is 0 Å². The van der Waals surface area contributed by atoms with Gasteiger partial charge in [0.05, 0.1) is 5.39 Å². The summed E-state index contributed by atoms with van der Waals surface area (Å²) in [7, 11) is 4.36. The Morgan fingerprint density at radius 2 is 1.95 bits per heavy atom. The van der Waals surface area contributed by atoms with Crippen LogP contribution in [0.1, 0.15) is 30.6 Å². The largest absolute Gasteiger partial charge is 0.367 e. The Morgan fingerprint density at radius 1 is 1.24 bits per heavy atom. The lowest BCUT2D eigenvalue weighted by molar-refractivity contribution is 0.221. The number of anilines is 1. The molecule has 1 aliphatic rings. The fraction of sp³-hybridized carbons (Fsp3) is 0.600. The highest BCUT2D eigenvalue weighted by molar-refractivity contribution is 9.10. The molecule has 6 heteroatoms. The zero-order chi connectivity index (χ0) is 15.0. The first-order valence-electron chi connectivity index (χ1n) is 7.39. The summed E-state index contributed by atoms with van der Waals surface area (Å²) >= 11 is 5.39. The molecule has 21 heavy (non-hydrogen) atoms. The summed E-state index contributed by atoms with van der Waals surface area (Å²) in [5, 5.41) is 4.78. The second-order valence-corrected chi connectivity index (χ2v) is 7.98. The Labute approximate surface area is 138 Å². The van der Waals surface area contributed by atoms with Crippen LogP contribution in [0.2, 0.25) is 0 Å². The molecule has 0 saturated heterocycles. The number of aromatic nitrogens is 2. The molecule has 4 nitrogen and oxygen atoms in total. The lowest BCUT2D eigenvalue weighted by Crippen LogP contribution is -2.36. The molecule has 3 rings (SSSR count). The number of hydrogen-bond acceptors (Lipinski definition) is 5. The van der Waals surface area contributed by atoms with E-state index in [1.165, 1.54) is 30.6 Å². The maximum absolute atomic E-state index is 4.47. The molecule has 2 aromatic heterocycles. The van der Waals surface area contributed by atoms with Gasteiger partial charge in [0, 0.05) is 21.4 Å². The van der Waals surface area contributed by atoms with Crippen LogP contribution < -0.4 is 5.32 Å². The van der Waals surface area contributed by atoms with Crippen LogP contribution in [-0.2, 0) is 0 Å². The first-order valence-corrected chi connectivity index (χ1v) is 8.99. The molecule has 1 saturated carbocycles. The van der Waals surface area contributed by atoms with Crippen LogP contribution in [0.25, 0.3) is 10.2 Å². The maximum atomic E-state index is 4.47. The van der Waals surface area contributed by atoms with E-state index < -0.39 is 0 Å². The molecule has 0 unspecified atom stereocenters. The van der Waals surface area contributed by atoms with Gasteiger partial charge >= 0.3 is 0 Å². The van der Waals surface area contributed by atoms with Gasteiger partial charge in [-0.3, -0.25) is 0 Å². The van der Waals surface area contributed by atoms with Crippen LogP contribution in [0, 0.1) is 6.92 Å². The monoisotopic (exact) mass is 368 g/mol. The van der Waals surface area contributed by atoms with Crippen LogP contribution in [0.15, 0.2) is 10.8 Å². The van der Waals surface area contributed by atoms with E-state index in [2.05, 4.69) is 57.1 Å². The lowest BCUT2D eigenvalue weighted by atomic mass is 9.90. The van der Waals surface area contributed by atoms with E-state index in [9.17, 15) is 0 Å². The van der Waals surface area contributed by atoms with Gasteiger partial charge < -0.3 is 10.2 Å². The van der Waals surface area contributed by atoms with Crippen molar-refractivity contribution in [1.82, 2.24) is 14.9 Å². The second kappa shape index (κ2) is 6.18. The van der Waals surface area contributed by atoms with Crippen LogP contribution in [0.5, 0.6) is 0 Å². The Kier molecular flexibility index (Phi) is 4.47. The third kappa shape index (κ3) is 3.07. The summed E-state index contributed by atoms with van der Waals surface area (Å²) in [4.78, 5) is 13.5. The number of fused-ring (bicyclic) bond motifs is 1. The van der Waals surface area contributed by atoms with Gasteiger partial charge in [-0.1, -0.05) is 0 Å². The van der Waals surface area contributed by atoms with Crippen LogP contribution in [0.3, 0.4) is 0 Å². The van der Waals surface area contributed by atoms with Crippen molar-refractivity contribution in [3.05, 3.63) is 15.7 Å². The van der Waals surface area contributed by atoms with Gasteiger partial charge in [0.15, 0.2) is 0 Å². The molecule has 1 aliphatic carbocycles. The molecule has 0 bridgehead atoms. The minimum atomic E-state index is 0.520. The highest BCUT2D eigenvalue weighted by atomic mass is 79.9. The molecule has 114 valence electrons. The summed E-state index contributed by atoms with van der Waals surface area (Å²) in [6.07, 6.45) is 6.58. The Bertz CT molecular complexity index is 632. The first-order chi connectivity index (χ1) is 10.1. The smallest absolute Gasteiger partial charge is 0.139 e. The fourth-order valence-electron chi connectivity index (χ4n) is 3.05. The van der Waals surface area contributed by atoms with Crippen LogP contribution in [0.4, 0.5) is 5.82 Å². The normalized spacial score (nSPS) is 22.9. The number of nitrogens with one attached hydrogen (secondary N) is 1. The second-order valence-electron chi connectivity index (χ2n) is 5.99. The molecule has 0 atom stereocenters. The van der Waals surface area contributed by atoms with E-state index in [0.29, 0.717) is 6.04 Å². The molecule has 0 radical (unpaired) electrons. The van der Waals surface area contributed by atoms with Gasteiger partial charge in [0.1, 0.15) is 17.0 Å². The quantitative estimate of drug-likeness (QED) is 0.886. The van der Waals surface area contributed by atoms with Crippen molar-refractivity contribution in [3.63, 3.8) is 0 Å². The molecular weight excluding hydrogens is 348 g/mol. The number of nitrogens with zero attached hydrogens (tertiary/aromatic N) is 3. The van der Waals surface area contributed by atoms with Crippen molar-refractivity contribution in [2.45, 2.75) is 44.7 Å². The first kappa shape index (κ1) is 15.2. The Hall–Kier alpha value is -0.720. The Morgan fingerprint density at radius 3 is 2.62 bits per heavy atom. The van der Waals surface area contributed by atoms with Crippen LogP contribution >= 0.6 is 27.3 Å². The number of aryl methyl sites for hydroxylation is 1. The highest BCUT2D eigenvalue weighted by Gasteiger charge is 2.23. The lowest BCUT2D eigenvalue weighted by Gasteiger charge is -2.33. The molecule has 1 N–H and O–H groups in total. The highest BCUT2D eigenvalue weighted by Crippen LogP contribution is 2.38. The predicted octanol–water partition coefficient (Wildman–Crippen LogP) is 4.05. The minimum Gasteiger partial charge on any atom is -0.367 e. The zero-order valence-electron chi connectivity index (χ0n) is 12.7. The third-order valence-electron chi connectivity index (χ3n) is 4.36. The fourth-order valence-corrected chi connectivity index (χ4v) is 4.68. The average Bonchev–Trinajstić information content (AvgIpc) is 2.76. The molecular formula is C15H21BrN4S. The molecule has 2 heterocycles. The van der Waals surface area contributed by atoms with Crippen molar-refractivity contribution in [2.75, 3.05) is 19.4 Å². The van der Waals surface area contributed by atoms with Crippen molar-refractivity contribution in [3.8, 4) is 0 Å². The summed E-state index contributed by atoms with van der Waals surface area (Å²) < 4.78 is 1.13. The van der Waals surface area contributed by atoms with E-state index in [0.717, 1.165) is 26.5 Å². The van der Waals surface area contributed by atoms with E-state index in [1.807, 2.05) is 0 Å². The number of hydrogen-bond donors (Lipinski definition) is 1. The van der Waals surface area contributed by atoms with E-state index in [1.54, 1.807) is 17.7 Å². The van der Waals surface area contributed by atoms with Crippen molar-refractivity contribution in [2.24, 2.45) is 0 Å². The zero-order valence-corrected chi connectivity index (χ0v) is 15.1. The van der Waals surface area contributed by atoms with Crippen molar-refractivity contribution >= 4 is 43.3 Å². The third-order valence-corrected chi connectivity index (χ3v) is 6.63. The molecule has 0 spiro atoms. The van der Waals surface area contributed by atoms with Gasteiger partial charge in [-0.15, -0.1) is 11.3 Å². The standard InChI is InChI=1S/C15H21BrN4S/c1-9-13(16)12-14(17-8-18-15(12)21-9)19-10-4-6-11(7-5-10)20(2)3/h8,10-11H,4-7H2,1-3H3,(H,17,18,19). The van der Waals surface area contributed by atoms with Gasteiger partial charge in [-0.2, -0.15) is 0 Å². The maximum Gasteiger partial charge on any atom is 0.139 e. The predicted molar refractivity (Wildman–Crippen MR) is 93.2 cm³/mol. The topological polar surface area (TPSA) is 41.1 Å². The van der Waals surface area contributed by atoms with E-state index in [4.69, 9.17) is 0 Å². The van der Waals surface area contributed by atoms with Crippen LogP contribution in [-0.4, -0.2) is 41.0 Å². The molecule has 0 aliphatic heterocycles. The van der Waals surface area contributed by atoms with Gasteiger partial charge in [-0.25, -0.2) is 9.97 Å². The van der Waals surface area contributed by atoms with Crippen molar-refractivity contribution < 1.29 is 0 Å². The summed E-state index contributed by atoms with van der Waals surface area (Å²) in [6.45, 7) is 2.11. The van der Waals surface area contributed by atoms with Gasteiger partial charge in [-0.05, 0) is 62.6 Å². The number of thiophene rings is 1. The molecule has 2 aromatic rings. The minimum absolute atomic E-state index is 0.520. The summed E-state index contributed by atoms with van der Waals surface area (Å²) in [5.74, 6) is 0.976. The average molecular weight is 369 g/mol. The van der Waals surface area contributed by atoms with Gasteiger partial charge in [0.25, 0.3) is 0 Å². The number of halogens is 1. The summed E-state index contributed by atoms with van der Waals surface area (Å²) in [6, 6.07) is 1.25. The Balaban J connectivity index is 1.77. The SMILES string of the molecule is Cc1sc2ncnc(NC3CCC(N(C)C)CC3)c2c1Br. The van der Waals surface area contributed by atoms with E-state index >= 15 is 0 Å². The molecule has 1 fully saturated rings. The van der Waals surface area contributed by atoms with Gasteiger partial charge in [0.2, 0.25) is 0 Å². The van der Waals surface area contributed by atoms with E-state index in [-0.39, 0.29) is 0 Å².